The van der Waals surface area contributed by atoms with Crippen molar-refractivity contribution in [2.45, 2.75) is 18.7 Å². The van der Waals surface area contributed by atoms with Crippen LogP contribution < -0.4 is 10.0 Å². The van der Waals surface area contributed by atoms with E-state index in [2.05, 4.69) is 10.0 Å². The molecule has 0 aromatic heterocycles. The Balaban J connectivity index is 2.35. The lowest BCUT2D eigenvalue weighted by Gasteiger charge is -2.10. The maximum Gasteiger partial charge on any atom is 0.255 e. The van der Waals surface area contributed by atoms with Crippen LogP contribution in [0.3, 0.4) is 0 Å². The number of aryl methyl sites for hydroxylation is 2. The van der Waals surface area contributed by atoms with Crippen molar-refractivity contribution in [1.29, 1.82) is 0 Å². The van der Waals surface area contributed by atoms with Crippen molar-refractivity contribution in [2.24, 2.45) is 0 Å². The monoisotopic (exact) mass is 336 g/mol. The van der Waals surface area contributed by atoms with E-state index in [0.717, 1.165) is 0 Å². The second kappa shape index (κ2) is 6.47. The summed E-state index contributed by atoms with van der Waals surface area (Å²) >= 11 is 0. The molecule has 0 radical (unpaired) electrons. The molecule has 0 aliphatic carbocycles. The van der Waals surface area contributed by atoms with Gasteiger partial charge in [0.15, 0.2) is 0 Å². The Morgan fingerprint density at radius 3 is 2.30 bits per heavy atom. The number of carbonyl (C=O) groups excluding carboxylic acids is 1. The fourth-order valence-electron chi connectivity index (χ4n) is 2.00. The molecule has 0 saturated heterocycles. The lowest BCUT2D eigenvalue weighted by molar-refractivity contribution is 0.102. The molecule has 2 aromatic rings. The SMILES string of the molecule is CNS(=O)(=O)c1ccc(C)c(C(=O)Nc2ccc(C)c(F)c2)c1. The molecule has 0 saturated carbocycles. The van der Waals surface area contributed by atoms with E-state index in [9.17, 15) is 17.6 Å². The highest BCUT2D eigenvalue weighted by Gasteiger charge is 2.17. The van der Waals surface area contributed by atoms with Crippen molar-refractivity contribution < 1.29 is 17.6 Å². The number of sulfonamides is 1. The fraction of sp³-hybridized carbons (Fsp3) is 0.188. The van der Waals surface area contributed by atoms with Crippen LogP contribution >= 0.6 is 0 Å². The summed E-state index contributed by atoms with van der Waals surface area (Å²) in [6, 6.07) is 8.62. The number of benzene rings is 2. The highest BCUT2D eigenvalue weighted by Crippen LogP contribution is 2.19. The number of hydrogen-bond acceptors (Lipinski definition) is 3. The van der Waals surface area contributed by atoms with Crippen LogP contribution in [0.1, 0.15) is 21.5 Å². The van der Waals surface area contributed by atoms with Crippen molar-refractivity contribution in [3.63, 3.8) is 0 Å². The Kier molecular flexibility index (Phi) is 4.82. The molecule has 0 heterocycles. The first-order chi connectivity index (χ1) is 10.7. The molecule has 2 aromatic carbocycles. The zero-order valence-electron chi connectivity index (χ0n) is 13.0. The first-order valence-electron chi connectivity index (χ1n) is 6.86. The van der Waals surface area contributed by atoms with Gasteiger partial charge in [-0.25, -0.2) is 17.5 Å². The van der Waals surface area contributed by atoms with Gasteiger partial charge in [-0.3, -0.25) is 4.79 Å². The maximum atomic E-state index is 13.5. The second-order valence-corrected chi connectivity index (χ2v) is 6.99. The molecule has 0 fully saturated rings. The van der Waals surface area contributed by atoms with Crippen LogP contribution in [0.15, 0.2) is 41.3 Å². The summed E-state index contributed by atoms with van der Waals surface area (Å²) in [4.78, 5) is 12.3. The lowest BCUT2D eigenvalue weighted by Crippen LogP contribution is -2.20. The van der Waals surface area contributed by atoms with Crippen LogP contribution in [0.25, 0.3) is 0 Å². The van der Waals surface area contributed by atoms with Crippen LogP contribution in [0.4, 0.5) is 10.1 Å². The molecule has 2 rings (SSSR count). The Labute approximate surface area is 134 Å². The summed E-state index contributed by atoms with van der Waals surface area (Å²) < 4.78 is 39.4. The molecule has 0 aliphatic rings. The predicted octanol–water partition coefficient (Wildman–Crippen LogP) is 2.60. The molecule has 0 aliphatic heterocycles. The van der Waals surface area contributed by atoms with Gasteiger partial charge >= 0.3 is 0 Å². The molecule has 0 unspecified atom stereocenters. The Bertz CT molecular complexity index is 864. The minimum absolute atomic E-state index is 0.00848. The fourth-order valence-corrected chi connectivity index (χ4v) is 2.76. The van der Waals surface area contributed by atoms with E-state index in [1.165, 1.54) is 25.2 Å². The number of halogens is 1. The van der Waals surface area contributed by atoms with Crippen molar-refractivity contribution >= 4 is 21.6 Å². The third-order valence-corrected chi connectivity index (χ3v) is 4.87. The summed E-state index contributed by atoms with van der Waals surface area (Å²) in [6.07, 6.45) is 0. The molecule has 2 N–H and O–H groups in total. The molecule has 0 spiro atoms. The van der Waals surface area contributed by atoms with Crippen molar-refractivity contribution in [1.82, 2.24) is 4.72 Å². The summed E-state index contributed by atoms with van der Waals surface area (Å²) in [5.74, 6) is -0.926. The summed E-state index contributed by atoms with van der Waals surface area (Å²) in [6.45, 7) is 3.32. The Morgan fingerprint density at radius 1 is 1.04 bits per heavy atom. The first-order valence-corrected chi connectivity index (χ1v) is 8.34. The number of hydrogen-bond donors (Lipinski definition) is 2. The Hall–Kier alpha value is -2.25. The molecule has 1 amide bonds. The van der Waals surface area contributed by atoms with Gasteiger partial charge in [0.05, 0.1) is 4.90 Å². The molecule has 5 nitrogen and oxygen atoms in total. The molecule has 0 atom stereocenters. The Morgan fingerprint density at radius 2 is 1.70 bits per heavy atom. The molecule has 122 valence electrons. The van der Waals surface area contributed by atoms with E-state index in [1.54, 1.807) is 32.0 Å². The number of amides is 1. The van der Waals surface area contributed by atoms with Crippen LogP contribution in [0.2, 0.25) is 0 Å². The number of anilines is 1. The topological polar surface area (TPSA) is 75.3 Å². The quantitative estimate of drug-likeness (QED) is 0.901. The zero-order valence-corrected chi connectivity index (χ0v) is 13.8. The standard InChI is InChI=1S/C16H17FN2O3S/c1-10-5-7-13(23(21,22)18-3)9-14(10)16(20)19-12-6-4-11(2)15(17)8-12/h4-9,18H,1-3H3,(H,19,20). The number of carbonyl (C=O) groups is 1. The maximum absolute atomic E-state index is 13.5. The van der Waals surface area contributed by atoms with E-state index < -0.39 is 21.7 Å². The van der Waals surface area contributed by atoms with Gasteiger partial charge in [0.1, 0.15) is 5.82 Å². The normalized spacial score (nSPS) is 11.3. The van der Waals surface area contributed by atoms with Crippen molar-refractivity contribution in [2.75, 3.05) is 12.4 Å². The van der Waals surface area contributed by atoms with Crippen LogP contribution in [0, 0.1) is 19.7 Å². The van der Waals surface area contributed by atoms with Crippen LogP contribution in [-0.2, 0) is 10.0 Å². The van der Waals surface area contributed by atoms with E-state index in [1.807, 2.05) is 0 Å². The van der Waals surface area contributed by atoms with Gasteiger partial charge in [-0.05, 0) is 56.3 Å². The highest BCUT2D eigenvalue weighted by molar-refractivity contribution is 7.89. The first kappa shape index (κ1) is 17.1. The average Bonchev–Trinajstić information content (AvgIpc) is 2.51. The average molecular weight is 336 g/mol. The third-order valence-electron chi connectivity index (χ3n) is 3.46. The number of rotatable bonds is 4. The van der Waals surface area contributed by atoms with Gasteiger partial charge in [-0.2, -0.15) is 0 Å². The minimum Gasteiger partial charge on any atom is -0.322 e. The lowest BCUT2D eigenvalue weighted by atomic mass is 10.1. The van der Waals surface area contributed by atoms with Crippen molar-refractivity contribution in [3.8, 4) is 0 Å². The zero-order chi connectivity index (χ0) is 17.2. The van der Waals surface area contributed by atoms with E-state index in [4.69, 9.17) is 0 Å². The van der Waals surface area contributed by atoms with Gasteiger partial charge in [0, 0.05) is 11.3 Å². The summed E-state index contributed by atoms with van der Waals surface area (Å²) in [7, 11) is -2.35. The summed E-state index contributed by atoms with van der Waals surface area (Å²) in [5, 5.41) is 2.57. The molecule has 7 heteroatoms. The molecular formula is C16H17FN2O3S. The minimum atomic E-state index is -3.65. The van der Waals surface area contributed by atoms with Crippen LogP contribution in [-0.4, -0.2) is 21.4 Å². The van der Waals surface area contributed by atoms with Gasteiger partial charge in [0.25, 0.3) is 5.91 Å². The van der Waals surface area contributed by atoms with E-state index in [-0.39, 0.29) is 10.5 Å². The highest BCUT2D eigenvalue weighted by atomic mass is 32.2. The van der Waals surface area contributed by atoms with Gasteiger partial charge < -0.3 is 5.32 Å². The largest absolute Gasteiger partial charge is 0.322 e. The third kappa shape index (κ3) is 3.75. The molecule has 0 bridgehead atoms. The smallest absolute Gasteiger partial charge is 0.255 e. The van der Waals surface area contributed by atoms with Gasteiger partial charge in [0.2, 0.25) is 10.0 Å². The van der Waals surface area contributed by atoms with Gasteiger partial charge in [-0.1, -0.05) is 12.1 Å². The van der Waals surface area contributed by atoms with E-state index >= 15 is 0 Å². The van der Waals surface area contributed by atoms with Gasteiger partial charge in [-0.15, -0.1) is 0 Å². The molecule has 23 heavy (non-hydrogen) atoms. The number of nitrogens with one attached hydrogen (secondary N) is 2. The second-order valence-electron chi connectivity index (χ2n) is 5.10. The predicted molar refractivity (Wildman–Crippen MR) is 86.5 cm³/mol. The van der Waals surface area contributed by atoms with Crippen LogP contribution in [0.5, 0.6) is 0 Å². The van der Waals surface area contributed by atoms with E-state index in [0.29, 0.717) is 16.8 Å². The molecular weight excluding hydrogens is 319 g/mol. The summed E-state index contributed by atoms with van der Waals surface area (Å²) in [5.41, 5.74) is 1.60. The van der Waals surface area contributed by atoms with Crippen molar-refractivity contribution in [3.05, 3.63) is 58.9 Å².